The number of nitrogens with zero attached hydrogens (tertiary/aromatic N) is 1. The van der Waals surface area contributed by atoms with Crippen LogP contribution in [0.5, 0.6) is 5.75 Å². The molecule has 0 fully saturated rings. The number of hydrogen-bond donors (Lipinski definition) is 0. The van der Waals surface area contributed by atoms with E-state index in [0.717, 1.165) is 15.0 Å². The van der Waals surface area contributed by atoms with Crippen LogP contribution in [0.25, 0.3) is 10.1 Å². The number of carbonyl (C=O) groups excluding carboxylic acids is 1. The highest BCUT2D eigenvalue weighted by atomic mass is 35.5. The summed E-state index contributed by atoms with van der Waals surface area (Å²) in [5.41, 5.74) is 0.532. The average molecular weight is 358 g/mol. The van der Waals surface area contributed by atoms with Crippen LogP contribution in [0.1, 0.15) is 10.4 Å². The summed E-state index contributed by atoms with van der Waals surface area (Å²) in [5, 5.41) is 10.3. The van der Waals surface area contributed by atoms with E-state index in [1.165, 1.54) is 11.3 Å². The fourth-order valence-electron chi connectivity index (χ4n) is 2.11. The number of esters is 1. The van der Waals surface area contributed by atoms with Crippen LogP contribution in [0.15, 0.2) is 48.5 Å². The van der Waals surface area contributed by atoms with E-state index >= 15 is 0 Å². The number of halogens is 1. The predicted molar refractivity (Wildman–Crippen MR) is 93.3 cm³/mol. The predicted octanol–water partition coefficient (Wildman–Crippen LogP) is 4.55. The summed E-state index contributed by atoms with van der Waals surface area (Å²) in [5.74, 6) is 0.0266. The Hall–Kier alpha value is -2.55. The van der Waals surface area contributed by atoms with Crippen LogP contribution in [0, 0.1) is 11.3 Å². The van der Waals surface area contributed by atoms with Gasteiger partial charge in [-0.3, -0.25) is 0 Å². The Morgan fingerprint density at radius 2 is 1.92 bits per heavy atom. The van der Waals surface area contributed by atoms with Crippen LogP contribution in [-0.2, 0) is 16.1 Å². The van der Waals surface area contributed by atoms with Gasteiger partial charge in [0.15, 0.2) is 6.61 Å². The molecule has 120 valence electrons. The van der Waals surface area contributed by atoms with Crippen molar-refractivity contribution in [1.82, 2.24) is 0 Å². The van der Waals surface area contributed by atoms with Crippen molar-refractivity contribution in [3.63, 3.8) is 0 Å². The average Bonchev–Trinajstić information content (AvgIpc) is 2.95. The molecule has 1 heterocycles. The van der Waals surface area contributed by atoms with Gasteiger partial charge in [-0.1, -0.05) is 29.8 Å². The van der Waals surface area contributed by atoms with Crippen molar-refractivity contribution >= 4 is 39.0 Å². The van der Waals surface area contributed by atoms with Gasteiger partial charge in [0, 0.05) is 10.1 Å². The van der Waals surface area contributed by atoms with E-state index in [1.54, 1.807) is 24.3 Å². The summed E-state index contributed by atoms with van der Waals surface area (Å²) in [4.78, 5) is 12.6. The third-order valence-corrected chi connectivity index (χ3v) is 4.99. The van der Waals surface area contributed by atoms with Gasteiger partial charge < -0.3 is 9.47 Å². The smallest absolute Gasteiger partial charge is 0.344 e. The van der Waals surface area contributed by atoms with Gasteiger partial charge in [-0.2, -0.15) is 5.26 Å². The molecule has 0 aliphatic rings. The van der Waals surface area contributed by atoms with E-state index in [9.17, 15) is 4.79 Å². The quantitative estimate of drug-likeness (QED) is 0.628. The summed E-state index contributed by atoms with van der Waals surface area (Å²) in [7, 11) is 0. The van der Waals surface area contributed by atoms with Crippen molar-refractivity contribution in [2.75, 3.05) is 6.61 Å². The van der Waals surface area contributed by atoms with E-state index in [2.05, 4.69) is 0 Å². The summed E-state index contributed by atoms with van der Waals surface area (Å²) < 4.78 is 11.6. The molecule has 0 saturated carbocycles. The minimum absolute atomic E-state index is 0.119. The molecule has 0 N–H and O–H groups in total. The minimum atomic E-state index is -0.479. The first-order chi connectivity index (χ1) is 11.7. The fourth-order valence-corrected chi connectivity index (χ4v) is 3.51. The molecule has 0 spiro atoms. The molecule has 0 saturated heterocycles. The molecule has 0 amide bonds. The number of fused-ring (bicyclic) bond motifs is 1. The number of hydrogen-bond acceptors (Lipinski definition) is 5. The van der Waals surface area contributed by atoms with Crippen LogP contribution in [0.2, 0.25) is 5.02 Å². The molecule has 24 heavy (non-hydrogen) atoms. The molecule has 0 atom stereocenters. The lowest BCUT2D eigenvalue weighted by Crippen LogP contribution is -2.14. The molecule has 0 aliphatic carbocycles. The van der Waals surface area contributed by atoms with Gasteiger partial charge in [-0.05, 0) is 30.3 Å². The Balaban J connectivity index is 1.55. The number of ether oxygens (including phenoxy) is 2. The van der Waals surface area contributed by atoms with E-state index in [0.29, 0.717) is 16.3 Å². The van der Waals surface area contributed by atoms with Crippen molar-refractivity contribution in [1.29, 1.82) is 5.26 Å². The lowest BCUT2D eigenvalue weighted by atomic mass is 10.2. The highest BCUT2D eigenvalue weighted by Crippen LogP contribution is 2.35. The lowest BCUT2D eigenvalue weighted by molar-refractivity contribution is -0.147. The van der Waals surface area contributed by atoms with E-state index < -0.39 is 5.97 Å². The van der Waals surface area contributed by atoms with Crippen LogP contribution in [0.3, 0.4) is 0 Å². The van der Waals surface area contributed by atoms with Crippen molar-refractivity contribution in [3.8, 4) is 11.8 Å². The number of rotatable bonds is 5. The topological polar surface area (TPSA) is 59.3 Å². The largest absolute Gasteiger partial charge is 0.482 e. The Kier molecular flexibility index (Phi) is 4.99. The zero-order valence-electron chi connectivity index (χ0n) is 12.5. The molecule has 0 radical (unpaired) electrons. The first kappa shape index (κ1) is 16.3. The second-order valence-corrected chi connectivity index (χ2v) is 6.44. The zero-order valence-corrected chi connectivity index (χ0v) is 14.1. The maximum atomic E-state index is 11.8. The van der Waals surface area contributed by atoms with E-state index in [1.807, 2.05) is 30.3 Å². The molecule has 4 nitrogen and oxygen atoms in total. The molecular weight excluding hydrogens is 346 g/mol. The van der Waals surface area contributed by atoms with E-state index in [-0.39, 0.29) is 13.2 Å². The van der Waals surface area contributed by atoms with E-state index in [4.69, 9.17) is 26.3 Å². The number of carbonyl (C=O) groups is 1. The lowest BCUT2D eigenvalue weighted by Gasteiger charge is -2.06. The normalized spacial score (nSPS) is 10.3. The van der Waals surface area contributed by atoms with Crippen LogP contribution in [-0.4, -0.2) is 12.6 Å². The van der Waals surface area contributed by atoms with Gasteiger partial charge in [-0.15, -0.1) is 11.3 Å². The highest BCUT2D eigenvalue weighted by Gasteiger charge is 2.12. The van der Waals surface area contributed by atoms with Crippen LogP contribution in [0.4, 0.5) is 0 Å². The Bertz CT molecular complexity index is 912. The number of nitriles is 1. The fraction of sp³-hybridized carbons (Fsp3) is 0.111. The molecule has 1 aromatic heterocycles. The second kappa shape index (κ2) is 7.35. The summed E-state index contributed by atoms with van der Waals surface area (Å²) in [6.45, 7) is -0.0812. The van der Waals surface area contributed by atoms with Gasteiger partial charge >= 0.3 is 5.97 Å². The maximum absolute atomic E-state index is 11.8. The van der Waals surface area contributed by atoms with Crippen LogP contribution >= 0.6 is 22.9 Å². The Morgan fingerprint density at radius 1 is 1.17 bits per heavy atom. The van der Waals surface area contributed by atoms with Gasteiger partial charge in [0.2, 0.25) is 0 Å². The molecule has 0 unspecified atom stereocenters. The van der Waals surface area contributed by atoms with Crippen LogP contribution < -0.4 is 4.74 Å². The van der Waals surface area contributed by atoms with Crippen molar-refractivity contribution in [3.05, 3.63) is 64.0 Å². The molecular formula is C18H12ClNO3S. The van der Waals surface area contributed by atoms with Crippen molar-refractivity contribution in [2.45, 2.75) is 6.61 Å². The maximum Gasteiger partial charge on any atom is 0.344 e. The van der Waals surface area contributed by atoms with Crippen molar-refractivity contribution in [2.24, 2.45) is 0 Å². The molecule has 0 bridgehead atoms. The summed E-state index contributed by atoms with van der Waals surface area (Å²) in [6, 6.07) is 16.3. The van der Waals surface area contributed by atoms with Gasteiger partial charge in [0.1, 0.15) is 12.4 Å². The molecule has 3 rings (SSSR count). The Morgan fingerprint density at radius 3 is 2.62 bits per heavy atom. The number of benzene rings is 2. The first-order valence-corrected chi connectivity index (χ1v) is 8.31. The zero-order chi connectivity index (χ0) is 16.9. The minimum Gasteiger partial charge on any atom is -0.482 e. The molecule has 6 heteroatoms. The SMILES string of the molecule is N#Cc1ccc(OCC(=O)OCc2sc3ccccc3c2Cl)cc1. The monoisotopic (exact) mass is 357 g/mol. The van der Waals surface area contributed by atoms with Gasteiger partial charge in [-0.25, -0.2) is 4.79 Å². The standard InChI is InChI=1S/C18H12ClNO3S/c19-18-14-3-1-2-4-15(14)24-16(18)10-23-17(21)11-22-13-7-5-12(9-20)6-8-13/h1-8H,10-11H2. The van der Waals surface area contributed by atoms with Gasteiger partial charge in [0.05, 0.1) is 21.5 Å². The molecule has 2 aromatic carbocycles. The third kappa shape index (κ3) is 3.67. The molecule has 0 aliphatic heterocycles. The summed E-state index contributed by atoms with van der Waals surface area (Å²) in [6.07, 6.45) is 0. The van der Waals surface area contributed by atoms with Crippen molar-refractivity contribution < 1.29 is 14.3 Å². The Labute approximate surface area is 147 Å². The summed E-state index contributed by atoms with van der Waals surface area (Å²) >= 11 is 7.81. The number of thiophene rings is 1. The third-order valence-electron chi connectivity index (χ3n) is 3.31. The first-order valence-electron chi connectivity index (χ1n) is 7.12. The van der Waals surface area contributed by atoms with Gasteiger partial charge in [0.25, 0.3) is 0 Å². The second-order valence-electron chi connectivity index (χ2n) is 4.92. The molecule has 3 aromatic rings. The highest BCUT2D eigenvalue weighted by molar-refractivity contribution is 7.19.